The van der Waals surface area contributed by atoms with Crippen LogP contribution in [0.2, 0.25) is 0 Å². The first-order valence-corrected chi connectivity index (χ1v) is 5.02. The maximum absolute atomic E-state index is 5.55. The molecule has 2 aromatic rings. The molecular weight excluding hydrogens is 184 g/mol. The second-order valence-corrected chi connectivity index (χ2v) is 3.36. The fraction of sp³-hybridized carbons (Fsp3) is 0.143. The number of ether oxygens (including phenoxy) is 1. The van der Waals surface area contributed by atoms with Crippen molar-refractivity contribution in [2.45, 2.75) is 6.42 Å². The summed E-state index contributed by atoms with van der Waals surface area (Å²) in [6.45, 7) is 4.18. The predicted molar refractivity (Wildman–Crippen MR) is 62.9 cm³/mol. The third-order valence-electron chi connectivity index (χ3n) is 2.27. The van der Waals surface area contributed by atoms with E-state index in [1.165, 1.54) is 10.8 Å². The van der Waals surface area contributed by atoms with Crippen molar-refractivity contribution in [3.63, 3.8) is 0 Å². The van der Waals surface area contributed by atoms with Gasteiger partial charge in [0.15, 0.2) is 0 Å². The second kappa shape index (κ2) is 4.65. The zero-order valence-corrected chi connectivity index (χ0v) is 8.57. The number of rotatable bonds is 4. The summed E-state index contributed by atoms with van der Waals surface area (Å²) in [5.74, 6) is 0.906. The fourth-order valence-corrected chi connectivity index (χ4v) is 1.50. The predicted octanol–water partition coefficient (Wildman–Crippen LogP) is 3.60. The molecule has 1 heteroatoms. The number of hydrogen-bond donors (Lipinski definition) is 0. The largest absolute Gasteiger partial charge is 0.493 e. The first kappa shape index (κ1) is 9.78. The van der Waals surface area contributed by atoms with E-state index >= 15 is 0 Å². The molecule has 75 valence electrons. The van der Waals surface area contributed by atoms with E-state index in [1.54, 1.807) is 0 Å². The van der Waals surface area contributed by atoms with Gasteiger partial charge in [0, 0.05) is 6.42 Å². The molecule has 0 aliphatic carbocycles. The van der Waals surface area contributed by atoms with E-state index < -0.39 is 0 Å². The molecule has 1 radical (unpaired) electrons. The van der Waals surface area contributed by atoms with Gasteiger partial charge in [-0.1, -0.05) is 36.9 Å². The lowest BCUT2D eigenvalue weighted by Crippen LogP contribution is -1.95. The lowest BCUT2D eigenvalue weighted by molar-refractivity contribution is 0.323. The lowest BCUT2D eigenvalue weighted by atomic mass is 10.1. The van der Waals surface area contributed by atoms with E-state index in [1.807, 2.05) is 18.2 Å². The number of fused-ring (bicyclic) bond motifs is 1. The molecule has 0 aromatic heterocycles. The normalized spacial score (nSPS) is 10.1. The molecule has 0 N–H and O–H groups in total. The van der Waals surface area contributed by atoms with Crippen LogP contribution in [0.3, 0.4) is 0 Å². The number of benzene rings is 2. The number of hydrogen-bond acceptors (Lipinski definition) is 1. The lowest BCUT2D eigenvalue weighted by Gasteiger charge is -2.05. The van der Waals surface area contributed by atoms with Gasteiger partial charge in [0.1, 0.15) is 5.75 Å². The molecule has 0 fully saturated rings. The minimum Gasteiger partial charge on any atom is -0.493 e. The van der Waals surface area contributed by atoms with Gasteiger partial charge in [0.05, 0.1) is 6.61 Å². The van der Waals surface area contributed by atoms with Gasteiger partial charge in [0.2, 0.25) is 0 Å². The van der Waals surface area contributed by atoms with Crippen molar-refractivity contribution in [1.82, 2.24) is 0 Å². The van der Waals surface area contributed by atoms with E-state index in [0.29, 0.717) is 6.61 Å². The highest BCUT2D eigenvalue weighted by molar-refractivity contribution is 5.83. The van der Waals surface area contributed by atoms with Gasteiger partial charge in [0.25, 0.3) is 0 Å². The maximum atomic E-state index is 5.55. The van der Waals surface area contributed by atoms with E-state index in [9.17, 15) is 0 Å². The quantitative estimate of drug-likeness (QED) is 0.680. The molecule has 15 heavy (non-hydrogen) atoms. The van der Waals surface area contributed by atoms with Crippen LogP contribution >= 0.6 is 0 Å². The van der Waals surface area contributed by atoms with Crippen LogP contribution in [0.15, 0.2) is 49.0 Å². The first-order chi connectivity index (χ1) is 7.40. The zero-order valence-electron chi connectivity index (χ0n) is 8.57. The summed E-state index contributed by atoms with van der Waals surface area (Å²) in [5.41, 5.74) is 0. The standard InChI is InChI=1S/C14H13O/c1-2-3-10-15-14-9-8-12-6-4-5-7-13(12)11-14/h4-9,11H,1,3,10H2. The van der Waals surface area contributed by atoms with E-state index in [4.69, 9.17) is 4.74 Å². The Kier molecular flexibility index (Phi) is 3.03. The van der Waals surface area contributed by atoms with Crippen LogP contribution in [-0.2, 0) is 0 Å². The van der Waals surface area contributed by atoms with Crippen molar-refractivity contribution < 1.29 is 4.74 Å². The van der Waals surface area contributed by atoms with E-state index in [0.717, 1.165) is 12.2 Å². The van der Waals surface area contributed by atoms with Crippen molar-refractivity contribution in [1.29, 1.82) is 0 Å². The summed E-state index contributed by atoms with van der Waals surface area (Å²) in [6, 6.07) is 14.4. The average Bonchev–Trinajstić information content (AvgIpc) is 2.29. The van der Waals surface area contributed by atoms with Crippen LogP contribution in [0.1, 0.15) is 6.42 Å². The van der Waals surface area contributed by atoms with Crippen molar-refractivity contribution in [3.05, 3.63) is 55.1 Å². The monoisotopic (exact) mass is 197 g/mol. The molecule has 0 unspecified atom stereocenters. The average molecular weight is 197 g/mol. The van der Waals surface area contributed by atoms with Gasteiger partial charge in [-0.3, -0.25) is 0 Å². The molecule has 0 saturated heterocycles. The summed E-state index contributed by atoms with van der Waals surface area (Å²) >= 11 is 0. The van der Waals surface area contributed by atoms with Gasteiger partial charge in [-0.05, 0) is 29.0 Å². The van der Waals surface area contributed by atoms with Crippen LogP contribution in [0.5, 0.6) is 5.75 Å². The van der Waals surface area contributed by atoms with Gasteiger partial charge in [-0.15, -0.1) is 0 Å². The molecule has 2 aromatic carbocycles. The highest BCUT2D eigenvalue weighted by atomic mass is 16.5. The Morgan fingerprint density at radius 3 is 2.67 bits per heavy atom. The van der Waals surface area contributed by atoms with Crippen LogP contribution in [-0.4, -0.2) is 6.61 Å². The molecule has 0 atom stereocenters. The van der Waals surface area contributed by atoms with Gasteiger partial charge >= 0.3 is 0 Å². The van der Waals surface area contributed by atoms with Crippen LogP contribution in [0.25, 0.3) is 10.8 Å². The Morgan fingerprint density at radius 2 is 1.87 bits per heavy atom. The zero-order chi connectivity index (χ0) is 10.5. The molecular formula is C14H13O. The third kappa shape index (κ3) is 2.38. The summed E-state index contributed by atoms with van der Waals surface area (Å²) in [7, 11) is 0. The van der Waals surface area contributed by atoms with Crippen molar-refractivity contribution in [2.75, 3.05) is 6.61 Å². The Balaban J connectivity index is 2.19. The highest BCUT2D eigenvalue weighted by Crippen LogP contribution is 2.20. The maximum Gasteiger partial charge on any atom is 0.119 e. The molecule has 0 heterocycles. The summed E-state index contributed by atoms with van der Waals surface area (Å²) < 4.78 is 5.55. The van der Waals surface area contributed by atoms with Gasteiger partial charge in [-0.25, -0.2) is 0 Å². The Bertz CT molecular complexity index is 460. The Morgan fingerprint density at radius 1 is 1.07 bits per heavy atom. The molecule has 0 spiro atoms. The fourth-order valence-electron chi connectivity index (χ4n) is 1.50. The summed E-state index contributed by atoms with van der Waals surface area (Å²) in [5, 5.41) is 2.44. The molecule has 0 aliphatic rings. The molecule has 2 rings (SSSR count). The highest BCUT2D eigenvalue weighted by Gasteiger charge is 1.95. The molecule has 0 saturated carbocycles. The van der Waals surface area contributed by atoms with E-state index in [-0.39, 0.29) is 0 Å². The SMILES string of the molecule is C=[C]CCOc1ccc2ccccc2c1. The second-order valence-electron chi connectivity index (χ2n) is 3.36. The van der Waals surface area contributed by atoms with Crippen molar-refractivity contribution >= 4 is 10.8 Å². The van der Waals surface area contributed by atoms with E-state index in [2.05, 4.69) is 36.9 Å². The van der Waals surface area contributed by atoms with Crippen LogP contribution in [0, 0.1) is 6.08 Å². The smallest absolute Gasteiger partial charge is 0.119 e. The van der Waals surface area contributed by atoms with Crippen LogP contribution < -0.4 is 4.74 Å². The summed E-state index contributed by atoms with van der Waals surface area (Å²) in [4.78, 5) is 0. The molecule has 0 bridgehead atoms. The third-order valence-corrected chi connectivity index (χ3v) is 2.27. The molecule has 0 amide bonds. The molecule has 0 aliphatic heterocycles. The Labute approximate surface area is 90.0 Å². The topological polar surface area (TPSA) is 9.23 Å². The Hall–Kier alpha value is -1.76. The van der Waals surface area contributed by atoms with Crippen LogP contribution in [0.4, 0.5) is 0 Å². The first-order valence-electron chi connectivity index (χ1n) is 5.02. The molecule has 1 nitrogen and oxygen atoms in total. The summed E-state index contributed by atoms with van der Waals surface area (Å²) in [6.07, 6.45) is 3.56. The van der Waals surface area contributed by atoms with Crippen molar-refractivity contribution in [3.8, 4) is 5.75 Å². The van der Waals surface area contributed by atoms with Crippen molar-refractivity contribution in [2.24, 2.45) is 0 Å². The van der Waals surface area contributed by atoms with Gasteiger partial charge in [-0.2, -0.15) is 0 Å². The van der Waals surface area contributed by atoms with Gasteiger partial charge < -0.3 is 4.74 Å². The minimum absolute atomic E-state index is 0.641. The minimum atomic E-state index is 0.641.